The molecular formula is C17H20N6O. The molecule has 1 aliphatic heterocycles. The third-order valence-corrected chi connectivity index (χ3v) is 4.41. The Labute approximate surface area is 140 Å². The van der Waals surface area contributed by atoms with E-state index >= 15 is 0 Å². The molecule has 1 aliphatic rings. The van der Waals surface area contributed by atoms with Crippen LogP contribution in [0.15, 0.2) is 47.4 Å². The van der Waals surface area contributed by atoms with Gasteiger partial charge in [0, 0.05) is 6.04 Å². The maximum atomic E-state index is 5.83. The third-order valence-electron chi connectivity index (χ3n) is 4.41. The van der Waals surface area contributed by atoms with Gasteiger partial charge in [0.25, 0.3) is 0 Å². The summed E-state index contributed by atoms with van der Waals surface area (Å²) in [5.74, 6) is 1.36. The van der Waals surface area contributed by atoms with E-state index in [9.17, 15) is 0 Å². The number of hydrogen-bond acceptors (Lipinski definition) is 6. The second-order valence-electron chi connectivity index (χ2n) is 6.14. The molecule has 0 saturated carbocycles. The minimum Gasteiger partial charge on any atom is -0.424 e. The van der Waals surface area contributed by atoms with Crippen molar-refractivity contribution in [2.24, 2.45) is 0 Å². The van der Waals surface area contributed by atoms with Crippen molar-refractivity contribution in [2.75, 3.05) is 6.54 Å². The van der Waals surface area contributed by atoms with Crippen molar-refractivity contribution in [3.8, 4) is 0 Å². The van der Waals surface area contributed by atoms with E-state index in [0.29, 0.717) is 30.8 Å². The first-order valence-corrected chi connectivity index (χ1v) is 8.28. The molecule has 7 heteroatoms. The number of likely N-dealkylation sites (tertiary alicyclic amines) is 1. The van der Waals surface area contributed by atoms with Crippen molar-refractivity contribution in [3.63, 3.8) is 0 Å². The first-order chi connectivity index (χ1) is 11.9. The molecule has 124 valence electrons. The van der Waals surface area contributed by atoms with Crippen molar-refractivity contribution in [1.29, 1.82) is 0 Å². The van der Waals surface area contributed by atoms with E-state index in [1.54, 1.807) is 12.7 Å². The first-order valence-electron chi connectivity index (χ1n) is 8.28. The van der Waals surface area contributed by atoms with E-state index in [1.165, 1.54) is 12.0 Å². The Morgan fingerprint density at radius 2 is 2.00 bits per heavy atom. The van der Waals surface area contributed by atoms with Gasteiger partial charge in [0.1, 0.15) is 12.7 Å². The van der Waals surface area contributed by atoms with Crippen LogP contribution in [0.3, 0.4) is 0 Å². The van der Waals surface area contributed by atoms with Gasteiger partial charge in [-0.25, -0.2) is 4.98 Å². The van der Waals surface area contributed by atoms with E-state index < -0.39 is 0 Å². The van der Waals surface area contributed by atoms with Crippen LogP contribution in [0, 0.1) is 0 Å². The Morgan fingerprint density at radius 1 is 1.12 bits per heavy atom. The molecule has 1 fully saturated rings. The first kappa shape index (κ1) is 15.0. The zero-order valence-electron chi connectivity index (χ0n) is 13.5. The monoisotopic (exact) mass is 324 g/mol. The summed E-state index contributed by atoms with van der Waals surface area (Å²) in [7, 11) is 0. The highest BCUT2D eigenvalue weighted by molar-refractivity contribution is 5.17. The fourth-order valence-corrected chi connectivity index (χ4v) is 3.22. The molecule has 0 unspecified atom stereocenters. The summed E-state index contributed by atoms with van der Waals surface area (Å²) < 4.78 is 7.72. The highest BCUT2D eigenvalue weighted by Crippen LogP contribution is 2.21. The maximum Gasteiger partial charge on any atom is 0.230 e. The molecule has 0 radical (unpaired) electrons. The topological polar surface area (TPSA) is 72.9 Å². The molecule has 0 spiro atoms. The number of aromatic nitrogens is 5. The molecule has 0 amide bonds. The number of hydrogen-bond donors (Lipinski definition) is 0. The van der Waals surface area contributed by atoms with Crippen LogP contribution in [0.2, 0.25) is 0 Å². The number of benzene rings is 1. The Balaban J connectivity index is 1.38. The van der Waals surface area contributed by atoms with Crippen molar-refractivity contribution >= 4 is 0 Å². The standard InChI is InChI=1S/C17H20N6O/c1-2-5-14(6-3-1)9-16-20-21-17(24-16)11-22-8-4-7-15(22)10-23-13-18-12-19-23/h1-3,5-6,12-13,15H,4,7-11H2/t15-/m1/s1. The van der Waals surface area contributed by atoms with Crippen molar-refractivity contribution in [1.82, 2.24) is 29.9 Å². The molecule has 0 N–H and O–H groups in total. The minimum atomic E-state index is 0.441. The Kier molecular flexibility index (Phi) is 4.33. The molecule has 1 atom stereocenters. The average Bonchev–Trinajstić information content (AvgIpc) is 3.34. The summed E-state index contributed by atoms with van der Waals surface area (Å²) in [6.07, 6.45) is 6.36. The van der Waals surface area contributed by atoms with E-state index in [2.05, 4.69) is 37.3 Å². The zero-order chi connectivity index (χ0) is 16.2. The lowest BCUT2D eigenvalue weighted by Gasteiger charge is -2.22. The van der Waals surface area contributed by atoms with Crippen LogP contribution in [-0.2, 0) is 19.5 Å². The molecule has 1 aromatic carbocycles. The van der Waals surface area contributed by atoms with Crippen LogP contribution >= 0.6 is 0 Å². The van der Waals surface area contributed by atoms with Crippen molar-refractivity contribution in [3.05, 3.63) is 60.3 Å². The Hall–Kier alpha value is -2.54. The van der Waals surface area contributed by atoms with Gasteiger partial charge in [-0.15, -0.1) is 10.2 Å². The van der Waals surface area contributed by atoms with Gasteiger partial charge >= 0.3 is 0 Å². The summed E-state index contributed by atoms with van der Waals surface area (Å²) in [6, 6.07) is 10.6. The largest absolute Gasteiger partial charge is 0.424 e. The maximum absolute atomic E-state index is 5.83. The SMILES string of the molecule is c1ccc(Cc2nnc(CN3CCC[C@@H]3Cn3cncn3)o2)cc1. The number of nitrogens with zero attached hydrogens (tertiary/aromatic N) is 6. The molecule has 2 aromatic heterocycles. The summed E-state index contributed by atoms with van der Waals surface area (Å²) >= 11 is 0. The van der Waals surface area contributed by atoms with Crippen molar-refractivity contribution in [2.45, 2.75) is 38.4 Å². The molecule has 3 heterocycles. The van der Waals surface area contributed by atoms with Crippen LogP contribution < -0.4 is 0 Å². The van der Waals surface area contributed by atoms with Crippen LogP contribution in [0.25, 0.3) is 0 Å². The highest BCUT2D eigenvalue weighted by atomic mass is 16.4. The summed E-state index contributed by atoms with van der Waals surface area (Å²) in [5, 5.41) is 12.6. The minimum absolute atomic E-state index is 0.441. The highest BCUT2D eigenvalue weighted by Gasteiger charge is 2.26. The summed E-state index contributed by atoms with van der Waals surface area (Å²) in [4.78, 5) is 6.40. The quantitative estimate of drug-likeness (QED) is 0.690. The predicted octanol–water partition coefficient (Wildman–Crippen LogP) is 1.92. The van der Waals surface area contributed by atoms with Gasteiger partial charge in [-0.3, -0.25) is 9.58 Å². The lowest BCUT2D eigenvalue weighted by molar-refractivity contribution is 0.198. The number of rotatable bonds is 6. The second-order valence-corrected chi connectivity index (χ2v) is 6.14. The van der Waals surface area contributed by atoms with Gasteiger partial charge in [-0.1, -0.05) is 30.3 Å². The third kappa shape index (κ3) is 3.51. The van der Waals surface area contributed by atoms with Gasteiger partial charge < -0.3 is 4.42 Å². The smallest absolute Gasteiger partial charge is 0.230 e. The van der Waals surface area contributed by atoms with Crippen LogP contribution in [0.5, 0.6) is 0 Å². The van der Waals surface area contributed by atoms with Gasteiger partial charge in [-0.2, -0.15) is 5.10 Å². The lowest BCUT2D eigenvalue weighted by atomic mass is 10.2. The van der Waals surface area contributed by atoms with Gasteiger partial charge in [0.2, 0.25) is 11.8 Å². The fourth-order valence-electron chi connectivity index (χ4n) is 3.22. The Bertz CT molecular complexity index is 755. The van der Waals surface area contributed by atoms with E-state index in [0.717, 1.165) is 19.5 Å². The molecular weight excluding hydrogens is 304 g/mol. The van der Waals surface area contributed by atoms with Crippen LogP contribution in [0.4, 0.5) is 0 Å². The fraction of sp³-hybridized carbons (Fsp3) is 0.412. The molecule has 3 aromatic rings. The van der Waals surface area contributed by atoms with E-state index in [1.807, 2.05) is 22.9 Å². The predicted molar refractivity (Wildman–Crippen MR) is 87.0 cm³/mol. The van der Waals surface area contributed by atoms with Gasteiger partial charge in [0.15, 0.2) is 0 Å². The van der Waals surface area contributed by atoms with E-state index in [4.69, 9.17) is 4.42 Å². The van der Waals surface area contributed by atoms with Gasteiger partial charge in [-0.05, 0) is 24.9 Å². The second kappa shape index (κ2) is 6.92. The molecule has 0 bridgehead atoms. The lowest BCUT2D eigenvalue weighted by Crippen LogP contribution is -2.32. The summed E-state index contributed by atoms with van der Waals surface area (Å²) in [6.45, 7) is 2.60. The normalized spacial score (nSPS) is 18.2. The Morgan fingerprint density at radius 3 is 2.83 bits per heavy atom. The van der Waals surface area contributed by atoms with Crippen LogP contribution in [0.1, 0.15) is 30.2 Å². The molecule has 4 rings (SSSR count). The molecule has 24 heavy (non-hydrogen) atoms. The summed E-state index contributed by atoms with van der Waals surface area (Å²) in [5.41, 5.74) is 1.18. The zero-order valence-corrected chi connectivity index (χ0v) is 13.5. The molecule has 1 saturated heterocycles. The molecule has 7 nitrogen and oxygen atoms in total. The van der Waals surface area contributed by atoms with E-state index in [-0.39, 0.29) is 0 Å². The van der Waals surface area contributed by atoms with Crippen molar-refractivity contribution < 1.29 is 4.42 Å². The van der Waals surface area contributed by atoms with Crippen LogP contribution in [-0.4, -0.2) is 42.4 Å². The van der Waals surface area contributed by atoms with Gasteiger partial charge in [0.05, 0.1) is 19.5 Å². The average molecular weight is 324 g/mol. The molecule has 0 aliphatic carbocycles.